The Bertz CT molecular complexity index is 444. The first kappa shape index (κ1) is 15.4. The highest BCUT2D eigenvalue weighted by Crippen LogP contribution is 2.23. The van der Waals surface area contributed by atoms with E-state index in [0.29, 0.717) is 11.5 Å². The molecule has 0 fully saturated rings. The minimum Gasteiger partial charge on any atom is -0.381 e. The van der Waals surface area contributed by atoms with Crippen LogP contribution in [0.4, 0.5) is 11.4 Å². The van der Waals surface area contributed by atoms with E-state index in [-0.39, 0.29) is 16.7 Å². The summed E-state index contributed by atoms with van der Waals surface area (Å²) in [5.41, 5.74) is 1.65. The Kier molecular flexibility index (Phi) is 5.30. The molecule has 0 heterocycles. The lowest BCUT2D eigenvalue weighted by molar-refractivity contribution is -0.385. The van der Waals surface area contributed by atoms with E-state index in [1.807, 2.05) is 20.2 Å². The number of anilines is 1. The van der Waals surface area contributed by atoms with E-state index < -0.39 is 0 Å². The van der Waals surface area contributed by atoms with Crippen LogP contribution in [-0.4, -0.2) is 36.5 Å². The van der Waals surface area contributed by atoms with Crippen LogP contribution < -0.4 is 5.32 Å². The summed E-state index contributed by atoms with van der Waals surface area (Å²) in [6.45, 7) is 6.93. The number of rotatable bonds is 6. The summed E-state index contributed by atoms with van der Waals surface area (Å²) >= 11 is 0. The summed E-state index contributed by atoms with van der Waals surface area (Å²) in [6.07, 6.45) is 0. The maximum absolute atomic E-state index is 10.9. The van der Waals surface area contributed by atoms with Crippen LogP contribution in [0.2, 0.25) is 0 Å². The van der Waals surface area contributed by atoms with Crippen molar-refractivity contribution in [2.24, 2.45) is 5.92 Å². The van der Waals surface area contributed by atoms with Gasteiger partial charge in [-0.3, -0.25) is 10.1 Å². The maximum Gasteiger partial charge on any atom is 0.274 e. The summed E-state index contributed by atoms with van der Waals surface area (Å²) in [5.74, 6) is 0.447. The van der Waals surface area contributed by atoms with Gasteiger partial charge in [0.2, 0.25) is 0 Å². The first-order valence-electron chi connectivity index (χ1n) is 6.47. The van der Waals surface area contributed by atoms with Gasteiger partial charge in [-0.15, -0.1) is 0 Å². The fraction of sp³-hybridized carbons (Fsp3) is 0.571. The average Bonchev–Trinajstić information content (AvgIpc) is 2.29. The van der Waals surface area contributed by atoms with Gasteiger partial charge in [-0.05, 0) is 33.0 Å². The molecule has 106 valence electrons. The molecule has 1 unspecified atom stereocenters. The molecule has 5 heteroatoms. The van der Waals surface area contributed by atoms with Gasteiger partial charge in [-0.1, -0.05) is 19.9 Å². The highest BCUT2D eigenvalue weighted by molar-refractivity contribution is 5.55. The van der Waals surface area contributed by atoms with Gasteiger partial charge in [0.05, 0.1) is 4.92 Å². The Hall–Kier alpha value is -1.62. The van der Waals surface area contributed by atoms with E-state index in [2.05, 4.69) is 24.1 Å². The Balaban J connectivity index is 2.90. The molecule has 0 amide bonds. The third-order valence-corrected chi connectivity index (χ3v) is 3.12. The van der Waals surface area contributed by atoms with Crippen LogP contribution >= 0.6 is 0 Å². The van der Waals surface area contributed by atoms with E-state index >= 15 is 0 Å². The van der Waals surface area contributed by atoms with Gasteiger partial charge in [-0.2, -0.15) is 0 Å². The number of nitrogens with one attached hydrogen (secondary N) is 1. The minimum absolute atomic E-state index is 0.164. The highest BCUT2D eigenvalue weighted by atomic mass is 16.6. The summed E-state index contributed by atoms with van der Waals surface area (Å²) in [7, 11) is 4.04. The third kappa shape index (κ3) is 4.52. The van der Waals surface area contributed by atoms with Crippen molar-refractivity contribution in [3.05, 3.63) is 33.9 Å². The lowest BCUT2D eigenvalue weighted by Crippen LogP contribution is -2.36. The zero-order valence-corrected chi connectivity index (χ0v) is 12.3. The van der Waals surface area contributed by atoms with E-state index in [1.165, 1.54) is 0 Å². The molecular formula is C14H23N3O2. The number of nitro benzene ring substituents is 1. The molecule has 0 aromatic heterocycles. The number of aryl methyl sites for hydroxylation is 1. The number of nitro groups is 1. The van der Waals surface area contributed by atoms with Crippen molar-refractivity contribution in [1.29, 1.82) is 0 Å². The molecule has 1 rings (SSSR count). The van der Waals surface area contributed by atoms with Crippen LogP contribution in [-0.2, 0) is 0 Å². The van der Waals surface area contributed by atoms with Crippen LogP contribution in [0, 0.1) is 23.0 Å². The van der Waals surface area contributed by atoms with Gasteiger partial charge in [-0.25, -0.2) is 0 Å². The summed E-state index contributed by atoms with van der Waals surface area (Å²) in [4.78, 5) is 12.7. The molecule has 0 spiro atoms. The van der Waals surface area contributed by atoms with Crippen molar-refractivity contribution in [3.63, 3.8) is 0 Å². The monoisotopic (exact) mass is 265 g/mol. The molecule has 0 aliphatic heterocycles. The fourth-order valence-corrected chi connectivity index (χ4v) is 1.93. The summed E-state index contributed by atoms with van der Waals surface area (Å²) in [5, 5.41) is 14.3. The predicted molar refractivity (Wildman–Crippen MR) is 78.6 cm³/mol. The molecule has 19 heavy (non-hydrogen) atoms. The standard InChI is InChI=1S/C14H23N3O2/c1-10(2)13(9-16(4)5)15-12-7-6-11(3)14(8-12)17(18)19/h6-8,10,13,15H,9H2,1-5H3. The molecule has 0 aliphatic carbocycles. The third-order valence-electron chi connectivity index (χ3n) is 3.12. The summed E-state index contributed by atoms with van der Waals surface area (Å²) < 4.78 is 0. The molecule has 5 nitrogen and oxygen atoms in total. The van der Waals surface area contributed by atoms with Crippen LogP contribution in [0.15, 0.2) is 18.2 Å². The second-order valence-electron chi connectivity index (χ2n) is 5.52. The first-order valence-corrected chi connectivity index (χ1v) is 6.47. The van der Waals surface area contributed by atoms with Crippen molar-refractivity contribution < 1.29 is 4.92 Å². The first-order chi connectivity index (χ1) is 8.81. The fourth-order valence-electron chi connectivity index (χ4n) is 1.93. The van der Waals surface area contributed by atoms with Crippen molar-refractivity contribution in [2.75, 3.05) is 26.0 Å². The zero-order chi connectivity index (χ0) is 14.6. The molecule has 0 bridgehead atoms. The molecule has 1 N–H and O–H groups in total. The van der Waals surface area contributed by atoms with Crippen molar-refractivity contribution in [1.82, 2.24) is 4.90 Å². The van der Waals surface area contributed by atoms with Crippen molar-refractivity contribution >= 4 is 11.4 Å². The molecule has 1 aromatic rings. The SMILES string of the molecule is Cc1ccc(NC(CN(C)C)C(C)C)cc1[N+](=O)[O-]. The van der Waals surface area contributed by atoms with Gasteiger partial charge in [0.15, 0.2) is 0 Å². The van der Waals surface area contributed by atoms with Crippen LogP contribution in [0.1, 0.15) is 19.4 Å². The van der Waals surface area contributed by atoms with Gasteiger partial charge in [0.25, 0.3) is 5.69 Å². The summed E-state index contributed by atoms with van der Waals surface area (Å²) in [6, 6.07) is 5.55. The molecule has 0 saturated carbocycles. The molecule has 1 aromatic carbocycles. The Morgan fingerprint density at radius 2 is 2.00 bits per heavy atom. The lowest BCUT2D eigenvalue weighted by Gasteiger charge is -2.26. The number of likely N-dealkylation sites (N-methyl/N-ethyl adjacent to an activating group) is 1. The lowest BCUT2D eigenvalue weighted by atomic mass is 10.0. The van der Waals surface area contributed by atoms with E-state index in [1.54, 1.807) is 19.1 Å². The van der Waals surface area contributed by atoms with Crippen molar-refractivity contribution in [2.45, 2.75) is 26.8 Å². The Morgan fingerprint density at radius 3 is 2.47 bits per heavy atom. The van der Waals surface area contributed by atoms with E-state index in [0.717, 1.165) is 12.2 Å². The largest absolute Gasteiger partial charge is 0.381 e. The molecule has 0 saturated heterocycles. The van der Waals surface area contributed by atoms with Gasteiger partial charge in [0, 0.05) is 29.9 Å². The van der Waals surface area contributed by atoms with Crippen LogP contribution in [0.25, 0.3) is 0 Å². The smallest absolute Gasteiger partial charge is 0.274 e. The van der Waals surface area contributed by atoms with Gasteiger partial charge in [0.1, 0.15) is 0 Å². The van der Waals surface area contributed by atoms with Gasteiger partial charge < -0.3 is 10.2 Å². The van der Waals surface area contributed by atoms with Gasteiger partial charge >= 0.3 is 0 Å². The zero-order valence-electron chi connectivity index (χ0n) is 12.3. The molecule has 0 radical (unpaired) electrons. The topological polar surface area (TPSA) is 58.4 Å². The van der Waals surface area contributed by atoms with E-state index in [4.69, 9.17) is 0 Å². The second-order valence-corrected chi connectivity index (χ2v) is 5.52. The normalized spacial score (nSPS) is 12.8. The van der Waals surface area contributed by atoms with Crippen LogP contribution in [0.3, 0.4) is 0 Å². The molecule has 1 atom stereocenters. The number of hydrogen-bond donors (Lipinski definition) is 1. The molecule has 0 aliphatic rings. The maximum atomic E-state index is 10.9. The number of nitrogens with zero attached hydrogens (tertiary/aromatic N) is 2. The minimum atomic E-state index is -0.336. The number of benzene rings is 1. The number of hydrogen-bond acceptors (Lipinski definition) is 4. The van der Waals surface area contributed by atoms with Crippen molar-refractivity contribution in [3.8, 4) is 0 Å². The highest BCUT2D eigenvalue weighted by Gasteiger charge is 2.16. The quantitative estimate of drug-likeness (QED) is 0.634. The second kappa shape index (κ2) is 6.52. The average molecular weight is 265 g/mol. The Morgan fingerprint density at radius 1 is 1.37 bits per heavy atom. The van der Waals surface area contributed by atoms with Crippen LogP contribution in [0.5, 0.6) is 0 Å². The molecular weight excluding hydrogens is 242 g/mol. The Labute approximate surface area is 114 Å². The van der Waals surface area contributed by atoms with E-state index in [9.17, 15) is 10.1 Å². The predicted octanol–water partition coefficient (Wildman–Crippen LogP) is 2.90.